The molecule has 1 N–H and O–H groups in total. The zero-order valence-corrected chi connectivity index (χ0v) is 9.10. The molecular formula is C13H15NO2. The molecule has 16 heavy (non-hydrogen) atoms. The number of benzene rings is 1. The predicted molar refractivity (Wildman–Crippen MR) is 59.8 cm³/mol. The molecule has 0 bridgehead atoms. The minimum absolute atomic E-state index is 0.182. The van der Waals surface area contributed by atoms with Crippen molar-refractivity contribution in [2.45, 2.75) is 18.9 Å². The van der Waals surface area contributed by atoms with Crippen LogP contribution in [0, 0.1) is 17.2 Å². The summed E-state index contributed by atoms with van der Waals surface area (Å²) in [4.78, 5) is 0. The maximum Gasteiger partial charge on any atom is 0.0991 e. The molecule has 0 aliphatic carbocycles. The van der Waals surface area contributed by atoms with Crippen molar-refractivity contribution in [1.29, 1.82) is 5.26 Å². The van der Waals surface area contributed by atoms with Gasteiger partial charge in [0.25, 0.3) is 0 Å². The Bertz CT molecular complexity index is 380. The van der Waals surface area contributed by atoms with Gasteiger partial charge in [0.05, 0.1) is 24.3 Å². The van der Waals surface area contributed by atoms with Crippen molar-refractivity contribution in [3.63, 3.8) is 0 Å². The van der Waals surface area contributed by atoms with Crippen LogP contribution in [0.3, 0.4) is 0 Å². The summed E-state index contributed by atoms with van der Waals surface area (Å²) in [6.45, 7) is 1.28. The number of aliphatic hydroxyl groups is 1. The van der Waals surface area contributed by atoms with Crippen molar-refractivity contribution in [3.05, 3.63) is 35.4 Å². The number of rotatable bonds is 2. The summed E-state index contributed by atoms with van der Waals surface area (Å²) in [6.07, 6.45) is 1.28. The van der Waals surface area contributed by atoms with Gasteiger partial charge in [-0.25, -0.2) is 0 Å². The van der Waals surface area contributed by atoms with E-state index in [9.17, 15) is 5.11 Å². The highest BCUT2D eigenvalue weighted by atomic mass is 16.5. The van der Waals surface area contributed by atoms with Crippen molar-refractivity contribution in [2.75, 3.05) is 13.2 Å². The quantitative estimate of drug-likeness (QED) is 0.816. The molecule has 0 saturated carbocycles. The third-order valence-corrected chi connectivity index (χ3v) is 3.01. The highest BCUT2D eigenvalue weighted by molar-refractivity contribution is 5.31. The summed E-state index contributed by atoms with van der Waals surface area (Å²) in [6, 6.07) is 9.60. The van der Waals surface area contributed by atoms with Crippen LogP contribution in [-0.4, -0.2) is 24.4 Å². The Balaban J connectivity index is 2.00. The number of aliphatic hydroxyl groups excluding tert-OH is 1. The van der Waals surface area contributed by atoms with Crippen molar-refractivity contribution in [3.8, 4) is 6.07 Å². The van der Waals surface area contributed by atoms with Gasteiger partial charge in [-0.15, -0.1) is 0 Å². The summed E-state index contributed by atoms with van der Waals surface area (Å²) in [7, 11) is 0. The molecule has 0 aromatic heterocycles. The first-order valence-electron chi connectivity index (χ1n) is 5.54. The lowest BCUT2D eigenvalue weighted by Crippen LogP contribution is -2.33. The Hall–Kier alpha value is -1.37. The molecule has 84 valence electrons. The minimum atomic E-state index is -0.260. The van der Waals surface area contributed by atoms with Gasteiger partial charge >= 0.3 is 0 Å². The second-order valence-electron chi connectivity index (χ2n) is 4.20. The molecule has 0 radical (unpaired) electrons. The van der Waals surface area contributed by atoms with Crippen molar-refractivity contribution >= 4 is 0 Å². The normalized spacial score (nSPS) is 25.0. The number of ether oxygens (including phenoxy) is 1. The van der Waals surface area contributed by atoms with Crippen LogP contribution in [0.1, 0.15) is 17.5 Å². The van der Waals surface area contributed by atoms with Crippen LogP contribution in [0.15, 0.2) is 24.3 Å². The molecule has 1 aliphatic heterocycles. The Morgan fingerprint density at radius 3 is 2.75 bits per heavy atom. The van der Waals surface area contributed by atoms with E-state index in [4.69, 9.17) is 10.00 Å². The van der Waals surface area contributed by atoms with Gasteiger partial charge in [-0.05, 0) is 30.5 Å². The second-order valence-corrected chi connectivity index (χ2v) is 4.20. The molecule has 2 rings (SSSR count). The fraction of sp³-hybridized carbons (Fsp3) is 0.462. The van der Waals surface area contributed by atoms with Crippen LogP contribution in [0.5, 0.6) is 0 Å². The number of nitriles is 1. The first-order valence-corrected chi connectivity index (χ1v) is 5.54. The lowest BCUT2D eigenvalue weighted by atomic mass is 9.91. The molecule has 1 saturated heterocycles. The van der Waals surface area contributed by atoms with Crippen LogP contribution in [-0.2, 0) is 11.2 Å². The summed E-state index contributed by atoms with van der Waals surface area (Å²) in [5.74, 6) is 0.182. The van der Waals surface area contributed by atoms with Gasteiger partial charge < -0.3 is 9.84 Å². The van der Waals surface area contributed by atoms with Crippen LogP contribution >= 0.6 is 0 Å². The predicted octanol–water partition coefficient (Wildman–Crippen LogP) is 1.50. The molecule has 1 fully saturated rings. The Morgan fingerprint density at radius 1 is 1.38 bits per heavy atom. The molecule has 3 heteroatoms. The Labute approximate surface area is 95.3 Å². The highest BCUT2D eigenvalue weighted by Crippen LogP contribution is 2.19. The number of hydrogen-bond acceptors (Lipinski definition) is 3. The number of nitrogens with zero attached hydrogens (tertiary/aromatic N) is 1. The van der Waals surface area contributed by atoms with Crippen molar-refractivity contribution in [2.24, 2.45) is 5.92 Å². The first-order chi connectivity index (χ1) is 7.79. The summed E-state index contributed by atoms with van der Waals surface area (Å²) in [5.41, 5.74) is 1.82. The molecule has 1 aromatic rings. The zero-order chi connectivity index (χ0) is 11.4. The fourth-order valence-corrected chi connectivity index (χ4v) is 2.00. The van der Waals surface area contributed by atoms with E-state index < -0.39 is 0 Å². The first kappa shape index (κ1) is 11.1. The Kier molecular flexibility index (Phi) is 3.55. The van der Waals surface area contributed by atoms with Crippen LogP contribution in [0.4, 0.5) is 0 Å². The maximum atomic E-state index is 9.80. The standard InChI is InChI=1S/C13H15NO2/c14-8-11-3-1-10(2-4-11)7-12-9-16-6-5-13(12)15/h1-4,12-13,15H,5-7,9H2. The van der Waals surface area contributed by atoms with E-state index >= 15 is 0 Å². The molecule has 2 atom stereocenters. The van der Waals surface area contributed by atoms with Crippen molar-refractivity contribution < 1.29 is 9.84 Å². The summed E-state index contributed by atoms with van der Waals surface area (Å²) < 4.78 is 5.36. The molecule has 0 spiro atoms. The van der Waals surface area contributed by atoms with Gasteiger partial charge in [0, 0.05) is 12.5 Å². The van der Waals surface area contributed by atoms with Gasteiger partial charge in [-0.1, -0.05) is 12.1 Å². The van der Waals surface area contributed by atoms with Crippen LogP contribution in [0.2, 0.25) is 0 Å². The largest absolute Gasteiger partial charge is 0.393 e. The summed E-state index contributed by atoms with van der Waals surface area (Å²) >= 11 is 0. The van der Waals surface area contributed by atoms with Gasteiger partial charge in [0.1, 0.15) is 0 Å². The summed E-state index contributed by atoms with van der Waals surface area (Å²) in [5, 5.41) is 18.5. The van der Waals surface area contributed by atoms with Crippen LogP contribution in [0.25, 0.3) is 0 Å². The van der Waals surface area contributed by atoms with E-state index in [1.54, 1.807) is 0 Å². The van der Waals surface area contributed by atoms with E-state index in [2.05, 4.69) is 6.07 Å². The van der Waals surface area contributed by atoms with Crippen LogP contribution < -0.4 is 0 Å². The van der Waals surface area contributed by atoms with Crippen molar-refractivity contribution in [1.82, 2.24) is 0 Å². The minimum Gasteiger partial charge on any atom is -0.393 e. The van der Waals surface area contributed by atoms with E-state index in [0.717, 1.165) is 18.4 Å². The Morgan fingerprint density at radius 2 is 2.12 bits per heavy atom. The van der Waals surface area contributed by atoms with E-state index in [0.29, 0.717) is 18.8 Å². The van der Waals surface area contributed by atoms with Gasteiger partial charge in [-0.3, -0.25) is 0 Å². The lowest BCUT2D eigenvalue weighted by molar-refractivity contribution is -0.0350. The smallest absolute Gasteiger partial charge is 0.0991 e. The monoisotopic (exact) mass is 217 g/mol. The molecule has 1 aliphatic rings. The third kappa shape index (κ3) is 2.60. The van der Waals surface area contributed by atoms with Gasteiger partial charge in [0.15, 0.2) is 0 Å². The van der Waals surface area contributed by atoms with E-state index in [1.165, 1.54) is 0 Å². The van der Waals surface area contributed by atoms with E-state index in [-0.39, 0.29) is 12.0 Å². The topological polar surface area (TPSA) is 53.2 Å². The molecule has 0 amide bonds. The number of hydrogen-bond donors (Lipinski definition) is 1. The average molecular weight is 217 g/mol. The molecule has 1 aromatic carbocycles. The zero-order valence-electron chi connectivity index (χ0n) is 9.10. The average Bonchev–Trinajstić information content (AvgIpc) is 2.33. The van der Waals surface area contributed by atoms with Gasteiger partial charge in [-0.2, -0.15) is 5.26 Å². The molecule has 1 heterocycles. The molecule has 3 nitrogen and oxygen atoms in total. The SMILES string of the molecule is N#Cc1ccc(CC2COCCC2O)cc1. The van der Waals surface area contributed by atoms with Gasteiger partial charge in [0.2, 0.25) is 0 Å². The highest BCUT2D eigenvalue weighted by Gasteiger charge is 2.23. The lowest BCUT2D eigenvalue weighted by Gasteiger charge is -2.27. The molecular weight excluding hydrogens is 202 g/mol. The fourth-order valence-electron chi connectivity index (χ4n) is 2.00. The second kappa shape index (κ2) is 5.11. The molecule has 2 unspecified atom stereocenters. The maximum absolute atomic E-state index is 9.80. The van der Waals surface area contributed by atoms with E-state index in [1.807, 2.05) is 24.3 Å². The third-order valence-electron chi connectivity index (χ3n) is 3.01.